The third-order valence-electron chi connectivity index (χ3n) is 2.86. The van der Waals surface area contributed by atoms with Crippen molar-refractivity contribution in [3.63, 3.8) is 0 Å². The molecule has 0 spiro atoms. The van der Waals surface area contributed by atoms with Crippen LogP contribution in [0.4, 0.5) is 10.1 Å². The average molecular weight is 277 g/mol. The Morgan fingerprint density at radius 1 is 1.21 bits per heavy atom. The Labute approximate surface area is 116 Å². The first-order valence-corrected chi connectivity index (χ1v) is 6.90. The van der Waals surface area contributed by atoms with Gasteiger partial charge in [-0.15, -0.1) is 11.8 Å². The molecule has 0 heterocycles. The zero-order valence-corrected chi connectivity index (χ0v) is 11.8. The Bertz CT molecular complexity index is 586. The molecule has 2 rings (SSSR count). The van der Waals surface area contributed by atoms with Gasteiger partial charge in [0.2, 0.25) is 0 Å². The highest BCUT2D eigenvalue weighted by Gasteiger charge is 2.04. The van der Waals surface area contributed by atoms with Crippen LogP contribution in [0.15, 0.2) is 41.3 Å². The second-order valence-corrected chi connectivity index (χ2v) is 5.32. The summed E-state index contributed by atoms with van der Waals surface area (Å²) in [6.07, 6.45) is 0. The number of methoxy groups -OCH3 is 1. The number of rotatable bonds is 4. The van der Waals surface area contributed by atoms with E-state index in [1.54, 1.807) is 17.8 Å². The van der Waals surface area contributed by atoms with Gasteiger partial charge in [-0.2, -0.15) is 0 Å². The molecule has 0 fully saturated rings. The summed E-state index contributed by atoms with van der Waals surface area (Å²) in [7, 11) is 1.46. The van der Waals surface area contributed by atoms with E-state index in [9.17, 15) is 4.39 Å². The van der Waals surface area contributed by atoms with Crippen molar-refractivity contribution in [2.45, 2.75) is 17.6 Å². The molecule has 19 heavy (non-hydrogen) atoms. The zero-order chi connectivity index (χ0) is 13.8. The number of hydrogen-bond donors (Lipinski definition) is 1. The number of nitrogens with two attached hydrogens (primary N) is 1. The lowest BCUT2D eigenvalue weighted by molar-refractivity contribution is 0.386. The molecule has 0 aliphatic heterocycles. The summed E-state index contributed by atoms with van der Waals surface area (Å²) in [5, 5.41) is 0. The van der Waals surface area contributed by atoms with Gasteiger partial charge >= 0.3 is 0 Å². The van der Waals surface area contributed by atoms with E-state index in [0.717, 1.165) is 21.7 Å². The van der Waals surface area contributed by atoms with E-state index in [4.69, 9.17) is 10.5 Å². The Morgan fingerprint density at radius 3 is 2.63 bits per heavy atom. The number of anilines is 1. The first-order chi connectivity index (χ1) is 9.10. The Hall–Kier alpha value is -1.68. The normalized spacial score (nSPS) is 10.5. The zero-order valence-electron chi connectivity index (χ0n) is 10.9. The van der Waals surface area contributed by atoms with E-state index in [0.29, 0.717) is 5.75 Å². The summed E-state index contributed by atoms with van der Waals surface area (Å²) in [5.74, 6) is 0.663. The predicted octanol–water partition coefficient (Wildman–Crippen LogP) is 4.02. The van der Waals surface area contributed by atoms with Crippen LogP contribution in [0.1, 0.15) is 11.1 Å². The second-order valence-electron chi connectivity index (χ2n) is 4.28. The van der Waals surface area contributed by atoms with E-state index in [-0.39, 0.29) is 11.6 Å². The maximum Gasteiger partial charge on any atom is 0.165 e. The number of halogens is 1. The van der Waals surface area contributed by atoms with E-state index < -0.39 is 0 Å². The van der Waals surface area contributed by atoms with Gasteiger partial charge in [0.1, 0.15) is 0 Å². The van der Waals surface area contributed by atoms with E-state index in [2.05, 4.69) is 0 Å². The summed E-state index contributed by atoms with van der Waals surface area (Å²) >= 11 is 1.66. The third kappa shape index (κ3) is 3.41. The standard InChI is InChI=1S/C15H16FNOS/c1-10-7-12(4-5-14(10)17)19-9-11-3-6-15(18-2)13(16)8-11/h3-8H,9,17H2,1-2H3. The molecule has 2 aromatic rings. The molecular weight excluding hydrogens is 261 g/mol. The lowest BCUT2D eigenvalue weighted by Crippen LogP contribution is -1.91. The van der Waals surface area contributed by atoms with Crippen LogP contribution in [0.3, 0.4) is 0 Å². The third-order valence-corrected chi connectivity index (χ3v) is 3.93. The number of aryl methyl sites for hydroxylation is 1. The van der Waals surface area contributed by atoms with Gasteiger partial charge in [0, 0.05) is 16.3 Å². The molecule has 2 N–H and O–H groups in total. The highest BCUT2D eigenvalue weighted by atomic mass is 32.2. The van der Waals surface area contributed by atoms with Gasteiger partial charge in [-0.05, 0) is 48.4 Å². The molecule has 100 valence electrons. The first-order valence-electron chi connectivity index (χ1n) is 5.91. The minimum atomic E-state index is -0.325. The van der Waals surface area contributed by atoms with Crippen molar-refractivity contribution in [3.8, 4) is 5.75 Å². The van der Waals surface area contributed by atoms with Crippen molar-refractivity contribution in [2.75, 3.05) is 12.8 Å². The summed E-state index contributed by atoms with van der Waals surface area (Å²) in [6, 6.07) is 11.0. The maximum absolute atomic E-state index is 13.5. The number of hydrogen-bond acceptors (Lipinski definition) is 3. The lowest BCUT2D eigenvalue weighted by atomic mass is 10.2. The van der Waals surface area contributed by atoms with Gasteiger partial charge < -0.3 is 10.5 Å². The van der Waals surface area contributed by atoms with Crippen molar-refractivity contribution >= 4 is 17.4 Å². The quantitative estimate of drug-likeness (QED) is 0.677. The average Bonchev–Trinajstić information content (AvgIpc) is 2.40. The molecule has 0 unspecified atom stereocenters. The van der Waals surface area contributed by atoms with Crippen LogP contribution in [-0.4, -0.2) is 7.11 Å². The van der Waals surface area contributed by atoms with E-state index in [1.165, 1.54) is 13.2 Å². The summed E-state index contributed by atoms with van der Waals surface area (Å²) in [6.45, 7) is 1.98. The smallest absolute Gasteiger partial charge is 0.165 e. The minimum Gasteiger partial charge on any atom is -0.494 e. The number of nitrogen functional groups attached to an aromatic ring is 1. The monoisotopic (exact) mass is 277 g/mol. The molecule has 4 heteroatoms. The number of benzene rings is 2. The van der Waals surface area contributed by atoms with Crippen LogP contribution in [0.2, 0.25) is 0 Å². The summed E-state index contributed by atoms with van der Waals surface area (Å²) < 4.78 is 18.4. The SMILES string of the molecule is COc1ccc(CSc2ccc(N)c(C)c2)cc1F. The molecule has 0 aromatic heterocycles. The summed E-state index contributed by atoms with van der Waals surface area (Å²) in [5.41, 5.74) is 8.56. The molecule has 0 bridgehead atoms. The Kier molecular flexibility index (Phi) is 4.32. The van der Waals surface area contributed by atoms with Crippen molar-refractivity contribution < 1.29 is 9.13 Å². The fourth-order valence-electron chi connectivity index (χ4n) is 1.70. The van der Waals surface area contributed by atoms with Crippen molar-refractivity contribution in [1.29, 1.82) is 0 Å². The summed E-state index contributed by atoms with van der Waals surface area (Å²) in [4.78, 5) is 1.13. The molecule has 0 aliphatic rings. The van der Waals surface area contributed by atoms with Gasteiger partial charge in [-0.25, -0.2) is 4.39 Å². The van der Waals surface area contributed by atoms with E-state index in [1.807, 2.05) is 31.2 Å². The van der Waals surface area contributed by atoms with Crippen LogP contribution >= 0.6 is 11.8 Å². The number of thioether (sulfide) groups is 1. The van der Waals surface area contributed by atoms with Gasteiger partial charge in [0.05, 0.1) is 7.11 Å². The largest absolute Gasteiger partial charge is 0.494 e. The lowest BCUT2D eigenvalue weighted by Gasteiger charge is -2.07. The second kappa shape index (κ2) is 5.97. The maximum atomic E-state index is 13.5. The first kappa shape index (κ1) is 13.7. The molecule has 0 saturated heterocycles. The molecule has 0 radical (unpaired) electrons. The molecule has 2 aromatic carbocycles. The predicted molar refractivity (Wildman–Crippen MR) is 78.1 cm³/mol. The van der Waals surface area contributed by atoms with Crippen molar-refractivity contribution in [3.05, 3.63) is 53.3 Å². The fourth-order valence-corrected chi connectivity index (χ4v) is 2.64. The van der Waals surface area contributed by atoms with E-state index >= 15 is 0 Å². The molecule has 0 atom stereocenters. The highest BCUT2D eigenvalue weighted by molar-refractivity contribution is 7.98. The van der Waals surface area contributed by atoms with Gasteiger partial charge in [0.15, 0.2) is 11.6 Å². The van der Waals surface area contributed by atoms with Gasteiger partial charge in [-0.1, -0.05) is 6.07 Å². The van der Waals surface area contributed by atoms with Gasteiger partial charge in [0.25, 0.3) is 0 Å². The van der Waals surface area contributed by atoms with Crippen LogP contribution in [0.25, 0.3) is 0 Å². The molecule has 0 aliphatic carbocycles. The van der Waals surface area contributed by atoms with Crippen LogP contribution in [0.5, 0.6) is 5.75 Å². The molecular formula is C15H16FNOS. The highest BCUT2D eigenvalue weighted by Crippen LogP contribution is 2.27. The van der Waals surface area contributed by atoms with Crippen molar-refractivity contribution in [2.24, 2.45) is 0 Å². The van der Waals surface area contributed by atoms with Crippen molar-refractivity contribution in [1.82, 2.24) is 0 Å². The molecule has 0 saturated carbocycles. The molecule has 2 nitrogen and oxygen atoms in total. The van der Waals surface area contributed by atoms with Gasteiger partial charge in [-0.3, -0.25) is 0 Å². The minimum absolute atomic E-state index is 0.275. The Morgan fingerprint density at radius 2 is 2.00 bits per heavy atom. The Balaban J connectivity index is 2.05. The molecule has 0 amide bonds. The number of ether oxygens (including phenoxy) is 1. The topological polar surface area (TPSA) is 35.2 Å². The van der Waals surface area contributed by atoms with Crippen LogP contribution in [0, 0.1) is 12.7 Å². The van der Waals surface area contributed by atoms with Crippen LogP contribution < -0.4 is 10.5 Å². The van der Waals surface area contributed by atoms with Crippen LogP contribution in [-0.2, 0) is 5.75 Å². The fraction of sp³-hybridized carbons (Fsp3) is 0.200.